The number of amides is 1. The second kappa shape index (κ2) is 57.7. The van der Waals surface area contributed by atoms with Gasteiger partial charge in [0.2, 0.25) is 5.91 Å². The summed E-state index contributed by atoms with van der Waals surface area (Å²) in [5.74, 6) is -0.166. The highest BCUT2D eigenvalue weighted by atomic mass is 16.5. The van der Waals surface area contributed by atoms with Gasteiger partial charge in [-0.3, -0.25) is 9.59 Å². The van der Waals surface area contributed by atoms with Crippen molar-refractivity contribution in [1.29, 1.82) is 0 Å². The first kappa shape index (κ1) is 66.1. The number of carbonyl (C=O) groups is 2. The number of ether oxygens (including phenoxy) is 1. The number of hydrogen-bond acceptors (Lipinski definition) is 5. The fourth-order valence-electron chi connectivity index (χ4n) is 9.22. The minimum atomic E-state index is -0.877. The van der Waals surface area contributed by atoms with Crippen LogP contribution < -0.4 is 5.32 Å². The number of unbranched alkanes of at least 4 members (excludes halogenated alkanes) is 41. The van der Waals surface area contributed by atoms with Crippen molar-refractivity contribution in [3.05, 3.63) is 36.5 Å². The third-order valence-electron chi connectivity index (χ3n) is 13.9. The Morgan fingerprint density at radius 1 is 0.397 bits per heavy atom. The summed E-state index contributed by atoms with van der Waals surface area (Å²) in [6.45, 7) is 4.83. The normalized spacial score (nSPS) is 12.8. The number of aliphatic hydroxyl groups is 2. The van der Waals surface area contributed by atoms with Gasteiger partial charge in [0.1, 0.15) is 0 Å². The van der Waals surface area contributed by atoms with E-state index in [9.17, 15) is 19.8 Å². The first-order chi connectivity index (χ1) is 33.5. The van der Waals surface area contributed by atoms with Crippen molar-refractivity contribution >= 4 is 11.9 Å². The molecule has 0 aromatic heterocycles. The highest BCUT2D eigenvalue weighted by Gasteiger charge is 2.18. The van der Waals surface area contributed by atoms with Gasteiger partial charge in [0.05, 0.1) is 25.4 Å². The van der Waals surface area contributed by atoms with Gasteiger partial charge in [-0.2, -0.15) is 0 Å². The molecule has 0 spiro atoms. The maximum Gasteiger partial charge on any atom is 0.305 e. The monoisotopic (exact) mass is 956 g/mol. The third-order valence-corrected chi connectivity index (χ3v) is 13.9. The molecule has 400 valence electrons. The molecule has 6 heteroatoms. The van der Waals surface area contributed by atoms with E-state index in [-0.39, 0.29) is 18.5 Å². The Bertz CT molecular complexity index is 1100. The highest BCUT2D eigenvalue weighted by Crippen LogP contribution is 2.17. The van der Waals surface area contributed by atoms with Crippen molar-refractivity contribution < 1.29 is 24.5 Å². The summed E-state index contributed by atoms with van der Waals surface area (Å²) in [5, 5.41) is 23.1. The minimum absolute atomic E-state index is 0.0403. The summed E-state index contributed by atoms with van der Waals surface area (Å²) in [6.07, 6.45) is 71.9. The Hall–Kier alpha value is -1.92. The first-order valence-electron chi connectivity index (χ1n) is 30.3. The third kappa shape index (κ3) is 53.4. The standard InChI is InChI=1S/C62H117NO5/c1-3-5-7-9-11-13-15-17-19-21-23-24-25-26-27-28-29-31-33-35-38-42-46-50-54-60(65)59(58-64)63-61(66)55-51-47-43-39-37-41-45-49-53-57-68-62(67)56-52-48-44-40-36-34-32-30-22-20-18-16-14-12-10-8-6-4-2/h20,22,39,43,50,54,59-60,64-65H,3-19,21,23-38,40-42,44-49,51-53,55-58H2,1-2H3,(H,63,66)/b22-20-,43-39-,54-50+. The minimum Gasteiger partial charge on any atom is -0.466 e. The Labute approximate surface area is 424 Å². The molecule has 68 heavy (non-hydrogen) atoms. The smallest absolute Gasteiger partial charge is 0.305 e. The summed E-state index contributed by atoms with van der Waals surface area (Å²) < 4.78 is 5.46. The van der Waals surface area contributed by atoms with Gasteiger partial charge in [-0.1, -0.05) is 269 Å². The molecule has 0 rings (SSSR count). The second-order valence-corrected chi connectivity index (χ2v) is 20.7. The molecular formula is C62H117NO5. The van der Waals surface area contributed by atoms with E-state index in [0.29, 0.717) is 19.4 Å². The topological polar surface area (TPSA) is 95.9 Å². The molecule has 0 aromatic rings. The number of rotatable bonds is 56. The zero-order valence-corrected chi connectivity index (χ0v) is 45.6. The van der Waals surface area contributed by atoms with E-state index < -0.39 is 12.1 Å². The van der Waals surface area contributed by atoms with Gasteiger partial charge in [0, 0.05) is 12.8 Å². The number of hydrogen-bond donors (Lipinski definition) is 3. The van der Waals surface area contributed by atoms with Crippen LogP contribution in [0, 0.1) is 0 Å². The van der Waals surface area contributed by atoms with E-state index in [1.54, 1.807) is 6.08 Å². The van der Waals surface area contributed by atoms with E-state index in [1.807, 2.05) is 6.08 Å². The lowest BCUT2D eigenvalue weighted by molar-refractivity contribution is -0.143. The molecule has 0 radical (unpaired) electrons. The van der Waals surface area contributed by atoms with Crippen LogP contribution in [0.15, 0.2) is 36.5 Å². The van der Waals surface area contributed by atoms with Crippen LogP contribution in [0.25, 0.3) is 0 Å². The van der Waals surface area contributed by atoms with Gasteiger partial charge in [0.15, 0.2) is 0 Å². The van der Waals surface area contributed by atoms with Gasteiger partial charge < -0.3 is 20.3 Å². The molecule has 0 bridgehead atoms. The van der Waals surface area contributed by atoms with Gasteiger partial charge in [-0.15, -0.1) is 0 Å². The van der Waals surface area contributed by atoms with Crippen LogP contribution in [-0.4, -0.2) is 47.4 Å². The molecule has 0 fully saturated rings. The van der Waals surface area contributed by atoms with Gasteiger partial charge >= 0.3 is 5.97 Å². The number of aliphatic hydroxyl groups excluding tert-OH is 2. The van der Waals surface area contributed by atoms with Crippen molar-refractivity contribution in [2.75, 3.05) is 13.2 Å². The molecule has 0 heterocycles. The van der Waals surface area contributed by atoms with E-state index in [2.05, 4.69) is 43.5 Å². The van der Waals surface area contributed by atoms with E-state index in [0.717, 1.165) is 70.6 Å². The molecule has 2 atom stereocenters. The average molecular weight is 957 g/mol. The lowest BCUT2D eigenvalue weighted by atomic mass is 10.0. The zero-order chi connectivity index (χ0) is 49.3. The molecule has 0 saturated heterocycles. The van der Waals surface area contributed by atoms with Crippen LogP contribution in [0.1, 0.15) is 322 Å². The van der Waals surface area contributed by atoms with Crippen molar-refractivity contribution in [1.82, 2.24) is 5.32 Å². The Balaban J connectivity index is 3.54. The number of allylic oxidation sites excluding steroid dienone is 5. The molecule has 0 aliphatic heterocycles. The van der Waals surface area contributed by atoms with Crippen LogP contribution in [0.4, 0.5) is 0 Å². The quantitative estimate of drug-likeness (QED) is 0.0321. The predicted molar refractivity (Wildman–Crippen MR) is 296 cm³/mol. The Morgan fingerprint density at radius 2 is 0.706 bits per heavy atom. The SMILES string of the molecule is CCCCCCCCC/C=C\CCCCCCCCCC(=O)OCCCCCC/C=C\CCCC(=O)NC(CO)C(O)/C=C/CCCCCCCCCCCCCCCCCCCCCCCC. The molecule has 0 aromatic carbocycles. The van der Waals surface area contributed by atoms with Crippen molar-refractivity contribution in [3.63, 3.8) is 0 Å². The first-order valence-corrected chi connectivity index (χ1v) is 30.3. The van der Waals surface area contributed by atoms with Crippen LogP contribution in [-0.2, 0) is 14.3 Å². The number of esters is 1. The Kier molecular flexibility index (Phi) is 56.0. The molecule has 1 amide bonds. The zero-order valence-electron chi connectivity index (χ0n) is 45.6. The van der Waals surface area contributed by atoms with Crippen LogP contribution in [0.2, 0.25) is 0 Å². The van der Waals surface area contributed by atoms with Crippen molar-refractivity contribution in [2.24, 2.45) is 0 Å². The highest BCUT2D eigenvalue weighted by molar-refractivity contribution is 5.76. The fraction of sp³-hybridized carbons (Fsp3) is 0.871. The van der Waals surface area contributed by atoms with E-state index in [1.165, 1.54) is 225 Å². The maximum atomic E-state index is 12.5. The lowest BCUT2D eigenvalue weighted by Gasteiger charge is -2.19. The van der Waals surface area contributed by atoms with Gasteiger partial charge in [-0.05, 0) is 77.0 Å². The van der Waals surface area contributed by atoms with Crippen LogP contribution in [0.5, 0.6) is 0 Å². The van der Waals surface area contributed by atoms with Crippen LogP contribution >= 0.6 is 0 Å². The van der Waals surface area contributed by atoms with Crippen molar-refractivity contribution in [2.45, 2.75) is 334 Å². The largest absolute Gasteiger partial charge is 0.466 e. The average Bonchev–Trinajstić information content (AvgIpc) is 3.34. The lowest BCUT2D eigenvalue weighted by Crippen LogP contribution is -2.45. The molecular weight excluding hydrogens is 839 g/mol. The number of nitrogens with one attached hydrogen (secondary N) is 1. The molecule has 6 nitrogen and oxygen atoms in total. The summed E-state index contributed by atoms with van der Waals surface area (Å²) in [5.41, 5.74) is 0. The predicted octanol–water partition coefficient (Wildman–Crippen LogP) is 18.8. The summed E-state index contributed by atoms with van der Waals surface area (Å²) in [7, 11) is 0. The van der Waals surface area contributed by atoms with Gasteiger partial charge in [-0.25, -0.2) is 0 Å². The summed E-state index contributed by atoms with van der Waals surface area (Å²) in [6, 6.07) is -0.667. The van der Waals surface area contributed by atoms with E-state index >= 15 is 0 Å². The number of carbonyl (C=O) groups excluding carboxylic acids is 2. The van der Waals surface area contributed by atoms with Crippen LogP contribution in [0.3, 0.4) is 0 Å². The van der Waals surface area contributed by atoms with Crippen molar-refractivity contribution in [3.8, 4) is 0 Å². The van der Waals surface area contributed by atoms with Gasteiger partial charge in [0.25, 0.3) is 0 Å². The molecule has 2 unspecified atom stereocenters. The Morgan fingerprint density at radius 3 is 1.07 bits per heavy atom. The molecule has 3 N–H and O–H groups in total. The summed E-state index contributed by atoms with van der Waals surface area (Å²) in [4.78, 5) is 24.6. The molecule has 0 saturated carbocycles. The molecule has 0 aliphatic rings. The van der Waals surface area contributed by atoms with E-state index in [4.69, 9.17) is 4.74 Å². The fourth-order valence-corrected chi connectivity index (χ4v) is 9.22. The maximum absolute atomic E-state index is 12.5. The molecule has 0 aliphatic carbocycles. The summed E-state index contributed by atoms with van der Waals surface area (Å²) >= 11 is 0. The second-order valence-electron chi connectivity index (χ2n) is 20.7.